The van der Waals surface area contributed by atoms with E-state index in [9.17, 15) is 18.4 Å². The van der Waals surface area contributed by atoms with Gasteiger partial charge < -0.3 is 10.1 Å². The van der Waals surface area contributed by atoms with Crippen molar-refractivity contribution in [1.82, 2.24) is 20.1 Å². The minimum atomic E-state index is -0.838. The van der Waals surface area contributed by atoms with Crippen molar-refractivity contribution >= 4 is 17.8 Å². The number of rotatable bonds is 8. The first-order chi connectivity index (χ1) is 16.9. The number of hydrogen-bond acceptors (Lipinski definition) is 5. The number of carbonyl (C=O) groups excluding carboxylic acids is 2. The van der Waals surface area contributed by atoms with Gasteiger partial charge in [-0.15, -0.1) is 5.10 Å². The summed E-state index contributed by atoms with van der Waals surface area (Å²) in [7, 11) is 1.42. The van der Waals surface area contributed by atoms with Crippen LogP contribution in [0.5, 0.6) is 5.75 Å². The second kappa shape index (κ2) is 10.6. The molecule has 0 aliphatic carbocycles. The molecule has 2 N–H and O–H groups in total. The van der Waals surface area contributed by atoms with Crippen LogP contribution in [-0.4, -0.2) is 33.7 Å². The van der Waals surface area contributed by atoms with Gasteiger partial charge in [0, 0.05) is 18.2 Å². The molecule has 178 valence electrons. The molecule has 1 heterocycles. The number of benzene rings is 3. The molecule has 8 nitrogen and oxygen atoms in total. The van der Waals surface area contributed by atoms with Crippen molar-refractivity contribution in [3.63, 3.8) is 0 Å². The van der Waals surface area contributed by atoms with Gasteiger partial charge in [0.15, 0.2) is 0 Å². The van der Waals surface area contributed by atoms with Crippen LogP contribution < -0.4 is 15.4 Å². The molecule has 10 heteroatoms. The van der Waals surface area contributed by atoms with Crippen molar-refractivity contribution in [2.45, 2.75) is 13.1 Å². The number of nitrogens with zero attached hydrogens (tertiary/aromatic N) is 3. The number of methoxy groups -OCH3 is 1. The quantitative estimate of drug-likeness (QED) is 0.402. The third-order valence-corrected chi connectivity index (χ3v) is 5.10. The Kier molecular flexibility index (Phi) is 7.10. The van der Waals surface area contributed by atoms with Gasteiger partial charge in [-0.3, -0.25) is 14.9 Å². The third-order valence-electron chi connectivity index (χ3n) is 5.10. The lowest BCUT2D eigenvalue weighted by Gasteiger charge is -2.08. The van der Waals surface area contributed by atoms with E-state index in [0.29, 0.717) is 12.3 Å². The zero-order valence-corrected chi connectivity index (χ0v) is 18.7. The van der Waals surface area contributed by atoms with E-state index >= 15 is 0 Å². The number of ether oxygens (including phenoxy) is 1. The number of amides is 2. The number of hydrogen-bond donors (Lipinski definition) is 2. The van der Waals surface area contributed by atoms with E-state index in [0.717, 1.165) is 11.6 Å². The molecule has 0 spiro atoms. The van der Waals surface area contributed by atoms with E-state index < -0.39 is 17.5 Å². The summed E-state index contributed by atoms with van der Waals surface area (Å²) in [6.45, 7) is 0.264. The largest absolute Gasteiger partial charge is 0.497 e. The normalized spacial score (nSPS) is 10.6. The average Bonchev–Trinajstić information content (AvgIpc) is 3.29. The van der Waals surface area contributed by atoms with Gasteiger partial charge in [0.05, 0.1) is 12.7 Å². The van der Waals surface area contributed by atoms with Gasteiger partial charge >= 0.3 is 0 Å². The van der Waals surface area contributed by atoms with Gasteiger partial charge in [-0.1, -0.05) is 36.4 Å². The molecule has 4 rings (SSSR count). The summed E-state index contributed by atoms with van der Waals surface area (Å²) in [6.07, 6.45) is 1.28. The smallest absolute Gasteiger partial charge is 0.261 e. The average molecular weight is 477 g/mol. The zero-order chi connectivity index (χ0) is 24.8. The highest BCUT2D eigenvalue weighted by Gasteiger charge is 2.16. The number of nitrogens with one attached hydrogen (secondary N) is 2. The van der Waals surface area contributed by atoms with Gasteiger partial charge in [0.2, 0.25) is 11.9 Å². The first kappa shape index (κ1) is 23.6. The fourth-order valence-electron chi connectivity index (χ4n) is 3.32. The van der Waals surface area contributed by atoms with Crippen LogP contribution in [0.3, 0.4) is 0 Å². The molecule has 0 bridgehead atoms. The molecule has 4 aromatic rings. The Labute approximate surface area is 199 Å². The Morgan fingerprint density at radius 1 is 1.00 bits per heavy atom. The molecule has 0 aliphatic rings. The molecule has 2 amide bonds. The van der Waals surface area contributed by atoms with Crippen LogP contribution in [0.4, 0.5) is 14.7 Å². The molecule has 0 unspecified atom stereocenters. The Morgan fingerprint density at radius 3 is 2.51 bits per heavy atom. The summed E-state index contributed by atoms with van der Waals surface area (Å²) in [6, 6.07) is 17.4. The second-order valence-electron chi connectivity index (χ2n) is 7.52. The molecule has 0 aliphatic heterocycles. The number of anilines is 1. The minimum Gasteiger partial charge on any atom is -0.497 e. The molecule has 0 fully saturated rings. The van der Waals surface area contributed by atoms with Crippen LogP contribution >= 0.6 is 0 Å². The van der Waals surface area contributed by atoms with E-state index in [4.69, 9.17) is 4.74 Å². The standard InChI is InChI=1S/C25H21F2N5O3/c1-35-18-8-10-19(22(27)12-18)17-7-9-20(21(26)11-17)24(34)30-25-29-15-32(31-25)14-23(33)28-13-16-5-3-2-4-6-16/h2-12,15H,13-14H2,1H3,(H,28,33)(H,30,31,34). The molecule has 0 atom stereocenters. The van der Waals surface area contributed by atoms with Gasteiger partial charge in [0.1, 0.15) is 30.3 Å². The summed E-state index contributed by atoms with van der Waals surface area (Å²) < 4.78 is 35.2. The molecule has 0 saturated carbocycles. The highest BCUT2D eigenvalue weighted by atomic mass is 19.1. The SMILES string of the molecule is COc1ccc(-c2ccc(C(=O)Nc3ncn(CC(=O)NCc4ccccc4)n3)c(F)c2)c(F)c1. The van der Waals surface area contributed by atoms with Gasteiger partial charge in [-0.2, -0.15) is 0 Å². The Bertz CT molecular complexity index is 1360. The molecular weight excluding hydrogens is 456 g/mol. The van der Waals surface area contributed by atoms with E-state index in [1.807, 2.05) is 30.3 Å². The van der Waals surface area contributed by atoms with Crippen LogP contribution in [0, 0.1) is 11.6 Å². The maximum atomic E-state index is 14.7. The van der Waals surface area contributed by atoms with Crippen LogP contribution in [0.1, 0.15) is 15.9 Å². The first-order valence-electron chi connectivity index (χ1n) is 10.6. The molecule has 35 heavy (non-hydrogen) atoms. The molecule has 0 saturated heterocycles. The maximum Gasteiger partial charge on any atom is 0.261 e. The van der Waals surface area contributed by atoms with Gasteiger partial charge in [-0.25, -0.2) is 18.4 Å². The van der Waals surface area contributed by atoms with Crippen molar-refractivity contribution < 1.29 is 23.1 Å². The van der Waals surface area contributed by atoms with Gasteiger partial charge in [0.25, 0.3) is 5.91 Å². The Morgan fingerprint density at radius 2 is 1.80 bits per heavy atom. The molecule has 1 aromatic heterocycles. The van der Waals surface area contributed by atoms with Crippen LogP contribution in [-0.2, 0) is 17.9 Å². The van der Waals surface area contributed by atoms with Crippen molar-refractivity contribution in [2.24, 2.45) is 0 Å². The first-order valence-corrected chi connectivity index (χ1v) is 10.6. The van der Waals surface area contributed by atoms with Gasteiger partial charge in [-0.05, 0) is 35.4 Å². The lowest BCUT2D eigenvalue weighted by Crippen LogP contribution is -2.27. The molecule has 3 aromatic carbocycles. The Hall–Kier alpha value is -4.60. The van der Waals surface area contributed by atoms with Crippen LogP contribution in [0.2, 0.25) is 0 Å². The lowest BCUT2D eigenvalue weighted by atomic mass is 10.0. The fourth-order valence-corrected chi connectivity index (χ4v) is 3.32. The predicted molar refractivity (Wildman–Crippen MR) is 125 cm³/mol. The van der Waals surface area contributed by atoms with Crippen LogP contribution in [0.25, 0.3) is 11.1 Å². The van der Waals surface area contributed by atoms with Crippen molar-refractivity contribution in [1.29, 1.82) is 0 Å². The fraction of sp³-hybridized carbons (Fsp3) is 0.120. The Balaban J connectivity index is 1.37. The van der Waals surface area contributed by atoms with Crippen LogP contribution in [0.15, 0.2) is 73.1 Å². The van der Waals surface area contributed by atoms with E-state index in [1.165, 1.54) is 42.4 Å². The topological polar surface area (TPSA) is 98.1 Å². The second-order valence-corrected chi connectivity index (χ2v) is 7.52. The van der Waals surface area contributed by atoms with E-state index in [-0.39, 0.29) is 35.1 Å². The monoisotopic (exact) mass is 477 g/mol. The maximum absolute atomic E-state index is 14.7. The summed E-state index contributed by atoms with van der Waals surface area (Å²) in [4.78, 5) is 28.6. The highest BCUT2D eigenvalue weighted by Crippen LogP contribution is 2.27. The minimum absolute atomic E-state index is 0.0875. The zero-order valence-electron chi connectivity index (χ0n) is 18.7. The van der Waals surface area contributed by atoms with Crippen molar-refractivity contribution in [3.05, 3.63) is 95.8 Å². The number of halogens is 2. The molecular formula is C25H21F2N5O3. The highest BCUT2D eigenvalue weighted by molar-refractivity contribution is 6.03. The number of aromatic nitrogens is 3. The predicted octanol–water partition coefficient (Wildman–Crippen LogP) is 3.80. The third kappa shape index (κ3) is 5.85. The van der Waals surface area contributed by atoms with E-state index in [2.05, 4.69) is 20.7 Å². The lowest BCUT2D eigenvalue weighted by molar-refractivity contribution is -0.122. The summed E-state index contributed by atoms with van der Waals surface area (Å²) in [5, 5.41) is 9.18. The van der Waals surface area contributed by atoms with Crippen molar-refractivity contribution in [3.8, 4) is 16.9 Å². The van der Waals surface area contributed by atoms with E-state index in [1.54, 1.807) is 6.07 Å². The molecule has 0 radical (unpaired) electrons. The summed E-state index contributed by atoms with van der Waals surface area (Å²) >= 11 is 0. The number of carbonyl (C=O) groups is 2. The summed E-state index contributed by atoms with van der Waals surface area (Å²) in [5.74, 6) is -2.24. The van der Waals surface area contributed by atoms with Crippen molar-refractivity contribution in [2.75, 3.05) is 12.4 Å². The summed E-state index contributed by atoms with van der Waals surface area (Å²) in [5.41, 5.74) is 1.13.